The standard InChI is InChI=1S/C14H20N2O4/c1-15(12-6-4-3-5-7-12)13(17)10-16(8-9-20-2)11-14(18)19/h3-7H,8-11H2,1-2H3,(H,18,19). The molecule has 0 aliphatic heterocycles. The first-order chi connectivity index (χ1) is 9.54. The van der Waals surface area contributed by atoms with Gasteiger partial charge in [-0.2, -0.15) is 0 Å². The van der Waals surface area contributed by atoms with Crippen LogP contribution in [0.1, 0.15) is 0 Å². The molecule has 0 saturated heterocycles. The zero-order valence-electron chi connectivity index (χ0n) is 11.8. The van der Waals surface area contributed by atoms with Crippen LogP contribution in [-0.2, 0) is 14.3 Å². The van der Waals surface area contributed by atoms with Gasteiger partial charge in [-0.25, -0.2) is 0 Å². The van der Waals surface area contributed by atoms with Gasteiger partial charge < -0.3 is 14.7 Å². The maximum Gasteiger partial charge on any atom is 0.317 e. The molecule has 0 saturated carbocycles. The van der Waals surface area contributed by atoms with Gasteiger partial charge in [-0.15, -0.1) is 0 Å². The molecule has 0 unspecified atom stereocenters. The largest absolute Gasteiger partial charge is 0.480 e. The molecule has 0 aliphatic carbocycles. The number of carbonyl (C=O) groups excluding carboxylic acids is 1. The Balaban J connectivity index is 2.62. The number of carboxylic acid groups (broad SMARTS) is 1. The number of amides is 1. The summed E-state index contributed by atoms with van der Waals surface area (Å²) < 4.78 is 4.92. The molecule has 110 valence electrons. The van der Waals surface area contributed by atoms with E-state index in [-0.39, 0.29) is 19.0 Å². The summed E-state index contributed by atoms with van der Waals surface area (Å²) in [5.74, 6) is -1.12. The summed E-state index contributed by atoms with van der Waals surface area (Å²) in [6, 6.07) is 9.22. The smallest absolute Gasteiger partial charge is 0.317 e. The third-order valence-corrected chi connectivity index (χ3v) is 2.85. The molecule has 1 rings (SSSR count). The highest BCUT2D eigenvalue weighted by atomic mass is 16.5. The molecule has 1 aromatic rings. The van der Waals surface area contributed by atoms with Crippen molar-refractivity contribution in [3.8, 4) is 0 Å². The van der Waals surface area contributed by atoms with E-state index in [4.69, 9.17) is 9.84 Å². The molecular formula is C14H20N2O4. The lowest BCUT2D eigenvalue weighted by atomic mass is 10.3. The van der Waals surface area contributed by atoms with Crippen LogP contribution in [0.25, 0.3) is 0 Å². The Morgan fingerprint density at radius 2 is 1.85 bits per heavy atom. The van der Waals surface area contributed by atoms with Crippen molar-refractivity contribution >= 4 is 17.6 Å². The summed E-state index contributed by atoms with van der Waals surface area (Å²) in [5, 5.41) is 8.84. The summed E-state index contributed by atoms with van der Waals surface area (Å²) in [6.07, 6.45) is 0. The highest BCUT2D eigenvalue weighted by molar-refractivity contribution is 5.94. The summed E-state index contributed by atoms with van der Waals surface area (Å²) >= 11 is 0. The third kappa shape index (κ3) is 5.38. The molecule has 0 fully saturated rings. The molecule has 6 heteroatoms. The number of ether oxygens (including phenoxy) is 1. The summed E-state index contributed by atoms with van der Waals surface area (Å²) in [7, 11) is 3.21. The minimum absolute atomic E-state index is 0.0427. The van der Waals surface area contributed by atoms with Crippen molar-refractivity contribution in [2.75, 3.05) is 45.3 Å². The highest BCUT2D eigenvalue weighted by Crippen LogP contribution is 2.11. The number of nitrogens with zero attached hydrogens (tertiary/aromatic N) is 2. The molecule has 0 radical (unpaired) electrons. The fourth-order valence-corrected chi connectivity index (χ4v) is 1.72. The number of hydrogen-bond donors (Lipinski definition) is 1. The van der Waals surface area contributed by atoms with Gasteiger partial charge in [0, 0.05) is 26.4 Å². The van der Waals surface area contributed by atoms with Crippen LogP contribution in [0.4, 0.5) is 5.69 Å². The van der Waals surface area contributed by atoms with Crippen LogP contribution in [0, 0.1) is 0 Å². The van der Waals surface area contributed by atoms with Crippen molar-refractivity contribution < 1.29 is 19.4 Å². The van der Waals surface area contributed by atoms with Crippen molar-refractivity contribution in [1.82, 2.24) is 4.90 Å². The first-order valence-electron chi connectivity index (χ1n) is 6.29. The topological polar surface area (TPSA) is 70.1 Å². The van der Waals surface area contributed by atoms with Crippen LogP contribution in [0.2, 0.25) is 0 Å². The Bertz CT molecular complexity index is 436. The Hall–Kier alpha value is -1.92. The number of anilines is 1. The van der Waals surface area contributed by atoms with Crippen LogP contribution >= 0.6 is 0 Å². The maximum absolute atomic E-state index is 12.1. The number of benzene rings is 1. The Kier molecular flexibility index (Phi) is 6.69. The molecule has 6 nitrogen and oxygen atoms in total. The van der Waals surface area contributed by atoms with E-state index < -0.39 is 5.97 Å². The number of carbonyl (C=O) groups is 2. The number of likely N-dealkylation sites (N-methyl/N-ethyl adjacent to an activating group) is 1. The van der Waals surface area contributed by atoms with Gasteiger partial charge in [0.05, 0.1) is 19.7 Å². The number of rotatable bonds is 8. The van der Waals surface area contributed by atoms with Crippen LogP contribution in [-0.4, -0.2) is 62.3 Å². The first-order valence-corrected chi connectivity index (χ1v) is 6.29. The summed E-state index contributed by atoms with van der Waals surface area (Å²) in [6.45, 7) is 0.644. The van der Waals surface area contributed by atoms with Gasteiger partial charge in [0.2, 0.25) is 5.91 Å². The predicted octanol–water partition coefficient (Wildman–Crippen LogP) is 0.682. The van der Waals surface area contributed by atoms with Crippen molar-refractivity contribution in [1.29, 1.82) is 0 Å². The molecule has 1 N–H and O–H groups in total. The van der Waals surface area contributed by atoms with E-state index in [1.165, 1.54) is 12.0 Å². The van der Waals surface area contributed by atoms with E-state index in [9.17, 15) is 9.59 Å². The zero-order chi connectivity index (χ0) is 15.0. The molecule has 0 heterocycles. The van der Waals surface area contributed by atoms with Gasteiger partial charge in [0.15, 0.2) is 0 Å². The van der Waals surface area contributed by atoms with E-state index in [2.05, 4.69) is 0 Å². The average Bonchev–Trinajstić information content (AvgIpc) is 2.44. The van der Waals surface area contributed by atoms with Gasteiger partial charge in [-0.05, 0) is 12.1 Å². The molecule has 0 aliphatic rings. The molecule has 1 amide bonds. The molecule has 0 spiro atoms. The summed E-state index contributed by atoms with van der Waals surface area (Å²) in [4.78, 5) is 26.0. The second-order valence-electron chi connectivity index (χ2n) is 4.39. The lowest BCUT2D eigenvalue weighted by molar-refractivity contribution is -0.138. The van der Waals surface area contributed by atoms with Crippen molar-refractivity contribution in [2.45, 2.75) is 0 Å². The average molecular weight is 280 g/mol. The van der Waals surface area contributed by atoms with Crippen molar-refractivity contribution in [3.63, 3.8) is 0 Å². The third-order valence-electron chi connectivity index (χ3n) is 2.85. The zero-order valence-corrected chi connectivity index (χ0v) is 11.8. The van der Waals surface area contributed by atoms with Gasteiger partial charge in [-0.3, -0.25) is 14.5 Å². The van der Waals surface area contributed by atoms with E-state index in [1.807, 2.05) is 30.3 Å². The molecular weight excluding hydrogens is 260 g/mol. The molecule has 0 bridgehead atoms. The monoisotopic (exact) mass is 280 g/mol. The second-order valence-corrected chi connectivity index (χ2v) is 4.39. The molecule has 20 heavy (non-hydrogen) atoms. The SMILES string of the molecule is COCCN(CC(=O)O)CC(=O)N(C)c1ccccc1. The molecule has 1 aromatic carbocycles. The lowest BCUT2D eigenvalue weighted by Gasteiger charge is -2.23. The minimum atomic E-state index is -0.962. The molecule has 0 aromatic heterocycles. The van der Waals surface area contributed by atoms with E-state index in [0.717, 1.165) is 5.69 Å². The maximum atomic E-state index is 12.1. The van der Waals surface area contributed by atoms with Crippen molar-refractivity contribution in [2.24, 2.45) is 0 Å². The number of carboxylic acids is 1. The Morgan fingerprint density at radius 3 is 2.40 bits per heavy atom. The second kappa shape index (κ2) is 8.29. The van der Waals surface area contributed by atoms with Gasteiger partial charge >= 0.3 is 5.97 Å². The first kappa shape index (κ1) is 16.1. The normalized spacial score (nSPS) is 10.6. The van der Waals surface area contributed by atoms with Crippen LogP contribution in [0.5, 0.6) is 0 Å². The van der Waals surface area contributed by atoms with Crippen LogP contribution < -0.4 is 4.90 Å². The quantitative estimate of drug-likeness (QED) is 0.758. The minimum Gasteiger partial charge on any atom is -0.480 e. The van der Waals surface area contributed by atoms with E-state index in [1.54, 1.807) is 11.9 Å². The fourth-order valence-electron chi connectivity index (χ4n) is 1.72. The van der Waals surface area contributed by atoms with Crippen molar-refractivity contribution in [3.05, 3.63) is 30.3 Å². The number of methoxy groups -OCH3 is 1. The van der Waals surface area contributed by atoms with Crippen LogP contribution in [0.15, 0.2) is 30.3 Å². The predicted molar refractivity (Wildman–Crippen MR) is 75.8 cm³/mol. The van der Waals surface area contributed by atoms with E-state index >= 15 is 0 Å². The molecule has 0 atom stereocenters. The van der Waals surface area contributed by atoms with Gasteiger partial charge in [0.1, 0.15) is 0 Å². The number of para-hydroxylation sites is 1. The highest BCUT2D eigenvalue weighted by Gasteiger charge is 2.17. The fraction of sp³-hybridized carbons (Fsp3) is 0.429. The number of aliphatic carboxylic acids is 1. The lowest BCUT2D eigenvalue weighted by Crippen LogP contribution is -2.42. The number of hydrogen-bond acceptors (Lipinski definition) is 4. The van der Waals surface area contributed by atoms with Gasteiger partial charge in [0.25, 0.3) is 0 Å². The van der Waals surface area contributed by atoms with E-state index in [0.29, 0.717) is 13.2 Å². The summed E-state index contributed by atoms with van der Waals surface area (Å²) in [5.41, 5.74) is 0.777. The Labute approximate surface area is 118 Å². The van der Waals surface area contributed by atoms with Gasteiger partial charge in [-0.1, -0.05) is 18.2 Å². The van der Waals surface area contributed by atoms with Crippen LogP contribution in [0.3, 0.4) is 0 Å². The Morgan fingerprint density at radius 1 is 1.20 bits per heavy atom.